The summed E-state index contributed by atoms with van der Waals surface area (Å²) in [6, 6.07) is 4.12. The highest BCUT2D eigenvalue weighted by molar-refractivity contribution is 5.97. The molecule has 0 spiro atoms. The smallest absolute Gasteiger partial charge is 0.321 e. The average molecular weight is 359 g/mol. The van der Waals surface area contributed by atoms with E-state index in [0.717, 1.165) is 5.56 Å². The van der Waals surface area contributed by atoms with Crippen molar-refractivity contribution in [3.63, 3.8) is 0 Å². The summed E-state index contributed by atoms with van der Waals surface area (Å²) >= 11 is 0. The van der Waals surface area contributed by atoms with E-state index >= 15 is 0 Å². The molecule has 1 aromatic carbocycles. The van der Waals surface area contributed by atoms with Crippen LogP contribution in [0.5, 0.6) is 0 Å². The molecular weight excluding hydrogens is 338 g/mol. The van der Waals surface area contributed by atoms with Crippen molar-refractivity contribution in [2.75, 3.05) is 18.9 Å². The predicted molar refractivity (Wildman–Crippen MR) is 95.3 cm³/mol. The van der Waals surface area contributed by atoms with E-state index < -0.39 is 23.8 Å². The van der Waals surface area contributed by atoms with Crippen molar-refractivity contribution in [3.8, 4) is 5.69 Å². The van der Waals surface area contributed by atoms with Crippen molar-refractivity contribution in [2.45, 2.75) is 13.8 Å². The maximum Gasteiger partial charge on any atom is 0.321 e. The lowest BCUT2D eigenvalue weighted by molar-refractivity contribution is -0.141. The fourth-order valence-electron chi connectivity index (χ4n) is 2.32. The highest BCUT2D eigenvalue weighted by Crippen LogP contribution is 2.22. The van der Waals surface area contributed by atoms with E-state index in [1.54, 1.807) is 29.2 Å². The van der Waals surface area contributed by atoms with E-state index in [1.165, 1.54) is 24.9 Å². The van der Waals surface area contributed by atoms with Gasteiger partial charge in [0.25, 0.3) is 0 Å². The number of anilines is 1. The third-order valence-electron chi connectivity index (χ3n) is 3.80. The van der Waals surface area contributed by atoms with Crippen molar-refractivity contribution < 1.29 is 19.5 Å². The van der Waals surface area contributed by atoms with E-state index in [4.69, 9.17) is 10.8 Å². The van der Waals surface area contributed by atoms with Crippen LogP contribution in [-0.2, 0) is 4.79 Å². The molecule has 0 saturated heterocycles. The first kappa shape index (κ1) is 19.0. The Labute approximate surface area is 150 Å². The van der Waals surface area contributed by atoms with Crippen LogP contribution in [-0.4, -0.2) is 51.3 Å². The van der Waals surface area contributed by atoms with E-state index in [9.17, 15) is 14.4 Å². The van der Waals surface area contributed by atoms with E-state index in [1.807, 2.05) is 6.92 Å². The second kappa shape index (κ2) is 7.68. The molecule has 2 rings (SSSR count). The molecular formula is C17H21N5O4. The van der Waals surface area contributed by atoms with Crippen molar-refractivity contribution in [1.29, 1.82) is 0 Å². The highest BCUT2D eigenvalue weighted by Gasteiger charge is 2.19. The lowest BCUT2D eigenvalue weighted by Gasteiger charge is -2.21. The van der Waals surface area contributed by atoms with Crippen molar-refractivity contribution in [3.05, 3.63) is 41.7 Å². The van der Waals surface area contributed by atoms with Crippen LogP contribution in [0.1, 0.15) is 22.8 Å². The summed E-state index contributed by atoms with van der Waals surface area (Å²) < 4.78 is 1.57. The highest BCUT2D eigenvalue weighted by atomic mass is 16.4. The van der Waals surface area contributed by atoms with Gasteiger partial charge in [-0.25, -0.2) is 9.48 Å². The Kier molecular flexibility index (Phi) is 5.61. The van der Waals surface area contributed by atoms with Gasteiger partial charge in [-0.2, -0.15) is 5.10 Å². The molecule has 2 aromatic rings. The fourth-order valence-corrected chi connectivity index (χ4v) is 2.32. The van der Waals surface area contributed by atoms with Crippen molar-refractivity contribution in [1.82, 2.24) is 14.7 Å². The van der Waals surface area contributed by atoms with Gasteiger partial charge in [-0.3, -0.25) is 9.59 Å². The molecule has 9 nitrogen and oxygen atoms in total. The number of carbonyl (C=O) groups excluding carboxylic acids is 2. The number of rotatable bonds is 6. The zero-order chi connectivity index (χ0) is 19.4. The molecule has 4 N–H and O–H groups in total. The van der Waals surface area contributed by atoms with Crippen LogP contribution in [0.25, 0.3) is 5.69 Å². The Bertz CT molecular complexity index is 845. The number of nitrogens with zero attached hydrogens (tertiary/aromatic N) is 3. The number of aliphatic carboxylic acids is 1. The number of nitrogens with two attached hydrogens (primary N) is 1. The van der Waals surface area contributed by atoms with Gasteiger partial charge in [0.15, 0.2) is 0 Å². The minimum Gasteiger partial charge on any atom is -0.481 e. The summed E-state index contributed by atoms with van der Waals surface area (Å²) in [4.78, 5) is 36.1. The van der Waals surface area contributed by atoms with Crippen LogP contribution >= 0.6 is 0 Å². The standard InChI is InChI=1S/C17H21N5O4/c1-10-7-19-22(8-10)14-5-4-12(15(18)23)6-13(14)20-17(26)21(3)9-11(2)16(24)25/h4-8,11H,9H2,1-3H3,(H2,18,23)(H,20,26)(H,24,25). The number of benzene rings is 1. The first-order valence-corrected chi connectivity index (χ1v) is 7.89. The third-order valence-corrected chi connectivity index (χ3v) is 3.80. The molecule has 0 bridgehead atoms. The maximum absolute atomic E-state index is 12.4. The second-order valence-electron chi connectivity index (χ2n) is 6.11. The molecule has 138 valence electrons. The number of carbonyl (C=O) groups is 3. The molecule has 9 heteroatoms. The first-order valence-electron chi connectivity index (χ1n) is 7.89. The van der Waals surface area contributed by atoms with Crippen LogP contribution in [0, 0.1) is 12.8 Å². The zero-order valence-electron chi connectivity index (χ0n) is 14.8. The number of hydrogen-bond acceptors (Lipinski definition) is 4. The number of urea groups is 1. The molecule has 0 aliphatic heterocycles. The van der Waals surface area contributed by atoms with Gasteiger partial charge in [-0.1, -0.05) is 6.92 Å². The normalized spacial score (nSPS) is 11.7. The lowest BCUT2D eigenvalue weighted by Crippen LogP contribution is -2.36. The van der Waals surface area contributed by atoms with E-state index in [-0.39, 0.29) is 12.1 Å². The summed E-state index contributed by atoms with van der Waals surface area (Å²) in [6.45, 7) is 3.42. The quantitative estimate of drug-likeness (QED) is 0.719. The first-order chi connectivity index (χ1) is 12.2. The van der Waals surface area contributed by atoms with Gasteiger partial charge in [0.1, 0.15) is 0 Å². The van der Waals surface area contributed by atoms with Gasteiger partial charge in [0, 0.05) is 25.4 Å². The third kappa shape index (κ3) is 4.38. The van der Waals surface area contributed by atoms with Gasteiger partial charge in [0.05, 0.1) is 23.5 Å². The van der Waals surface area contributed by atoms with Crippen LogP contribution in [0.2, 0.25) is 0 Å². The van der Waals surface area contributed by atoms with E-state index in [2.05, 4.69) is 10.4 Å². The van der Waals surface area contributed by atoms with Gasteiger partial charge >= 0.3 is 12.0 Å². The number of nitrogens with one attached hydrogen (secondary N) is 1. The Morgan fingerprint density at radius 1 is 1.38 bits per heavy atom. The largest absolute Gasteiger partial charge is 0.481 e. The number of carboxylic acid groups (broad SMARTS) is 1. The average Bonchev–Trinajstić information content (AvgIpc) is 3.00. The Hall–Kier alpha value is -3.36. The summed E-state index contributed by atoms with van der Waals surface area (Å²) in [5.41, 5.74) is 7.36. The topological polar surface area (TPSA) is 131 Å². The summed E-state index contributed by atoms with van der Waals surface area (Å²) in [5, 5.41) is 15.9. The molecule has 1 atom stereocenters. The Morgan fingerprint density at radius 2 is 2.08 bits per heavy atom. The minimum absolute atomic E-state index is 0.0346. The van der Waals surface area contributed by atoms with Crippen molar-refractivity contribution >= 4 is 23.6 Å². The van der Waals surface area contributed by atoms with Crippen LogP contribution in [0.15, 0.2) is 30.6 Å². The minimum atomic E-state index is -0.993. The number of primary amides is 1. The van der Waals surface area contributed by atoms with Gasteiger partial charge in [0.2, 0.25) is 5.91 Å². The molecule has 1 heterocycles. The van der Waals surface area contributed by atoms with Crippen LogP contribution < -0.4 is 11.1 Å². The molecule has 0 radical (unpaired) electrons. The maximum atomic E-state index is 12.4. The number of aryl methyl sites for hydroxylation is 1. The summed E-state index contributed by atoms with van der Waals surface area (Å²) in [7, 11) is 1.49. The van der Waals surface area contributed by atoms with Gasteiger partial charge in [-0.05, 0) is 30.7 Å². The number of amides is 3. The lowest BCUT2D eigenvalue weighted by atomic mass is 10.1. The molecule has 0 fully saturated rings. The monoisotopic (exact) mass is 359 g/mol. The zero-order valence-corrected chi connectivity index (χ0v) is 14.8. The molecule has 0 aliphatic rings. The van der Waals surface area contributed by atoms with Crippen LogP contribution in [0.3, 0.4) is 0 Å². The number of aromatic nitrogens is 2. The van der Waals surface area contributed by atoms with Crippen molar-refractivity contribution in [2.24, 2.45) is 11.7 Å². The molecule has 3 amide bonds. The predicted octanol–water partition coefficient (Wildman–Crippen LogP) is 1.46. The Balaban J connectivity index is 2.30. The second-order valence-corrected chi connectivity index (χ2v) is 6.11. The summed E-state index contributed by atoms with van der Waals surface area (Å²) in [6.07, 6.45) is 3.43. The molecule has 0 aliphatic carbocycles. The molecule has 1 aromatic heterocycles. The SMILES string of the molecule is Cc1cnn(-c2ccc(C(N)=O)cc2NC(=O)N(C)CC(C)C(=O)O)c1. The summed E-state index contributed by atoms with van der Waals surface area (Å²) in [5.74, 6) is -2.33. The van der Waals surface area contributed by atoms with Gasteiger partial charge < -0.3 is 21.1 Å². The molecule has 1 unspecified atom stereocenters. The molecule has 0 saturated carbocycles. The van der Waals surface area contributed by atoms with Crippen LogP contribution in [0.4, 0.5) is 10.5 Å². The Morgan fingerprint density at radius 3 is 2.62 bits per heavy atom. The molecule has 26 heavy (non-hydrogen) atoms. The number of hydrogen-bond donors (Lipinski definition) is 3. The van der Waals surface area contributed by atoms with Gasteiger partial charge in [-0.15, -0.1) is 0 Å². The number of carboxylic acids is 1. The van der Waals surface area contributed by atoms with E-state index in [0.29, 0.717) is 11.4 Å². The fraction of sp³-hybridized carbons (Fsp3) is 0.294.